The van der Waals surface area contributed by atoms with E-state index in [0.717, 1.165) is 13.0 Å². The van der Waals surface area contributed by atoms with Crippen molar-refractivity contribution in [3.05, 3.63) is 42.2 Å². The number of rotatable bonds is 6. The highest BCUT2D eigenvalue weighted by molar-refractivity contribution is 5.88. The fourth-order valence-corrected chi connectivity index (χ4v) is 2.16. The maximum Gasteiger partial charge on any atom is 0.336 e. The quantitative estimate of drug-likeness (QED) is 0.458. The fraction of sp³-hybridized carbons (Fsp3) is 0.375. The van der Waals surface area contributed by atoms with Crippen molar-refractivity contribution in [2.24, 2.45) is 0 Å². The number of hydrogen-bond donors (Lipinski definition) is 5. The molecule has 0 bridgehead atoms. The first-order valence-corrected chi connectivity index (χ1v) is 7.42. The predicted molar refractivity (Wildman–Crippen MR) is 85.8 cm³/mol. The van der Waals surface area contributed by atoms with Crippen molar-refractivity contribution >= 4 is 17.9 Å². The van der Waals surface area contributed by atoms with Crippen molar-refractivity contribution < 1.29 is 34.8 Å². The molecule has 1 aliphatic rings. The summed E-state index contributed by atoms with van der Waals surface area (Å²) in [5.41, 5.74) is -1.46. The van der Waals surface area contributed by atoms with Gasteiger partial charge < -0.3 is 25.7 Å². The van der Waals surface area contributed by atoms with Gasteiger partial charge >= 0.3 is 17.9 Å². The number of aliphatic hydroxyl groups is 1. The minimum Gasteiger partial charge on any atom is -0.481 e. The van der Waals surface area contributed by atoms with Crippen molar-refractivity contribution in [2.45, 2.75) is 30.9 Å². The van der Waals surface area contributed by atoms with E-state index in [9.17, 15) is 14.4 Å². The van der Waals surface area contributed by atoms with Gasteiger partial charge in [-0.25, -0.2) is 4.79 Å². The normalized spacial score (nSPS) is 16.4. The average molecular weight is 352 g/mol. The molecule has 0 aliphatic carbocycles. The van der Waals surface area contributed by atoms with Gasteiger partial charge in [0.1, 0.15) is 0 Å². The summed E-state index contributed by atoms with van der Waals surface area (Å²) in [6.45, 7) is 0.972. The highest BCUT2D eigenvalue weighted by Crippen LogP contribution is 2.18. The summed E-state index contributed by atoms with van der Waals surface area (Å²) >= 11 is 0. The maximum atomic E-state index is 10.3. The predicted octanol–water partition coefficient (Wildman–Crippen LogP) is 0.424. The van der Waals surface area contributed by atoms with Gasteiger partial charge in [-0.2, -0.15) is 0 Å². The second kappa shape index (κ2) is 9.50. The third kappa shape index (κ3) is 7.10. The summed E-state index contributed by atoms with van der Waals surface area (Å²) in [4.78, 5) is 34.6. The van der Waals surface area contributed by atoms with Crippen LogP contribution in [-0.2, 0) is 14.4 Å². The van der Waals surface area contributed by atoms with E-state index < -0.39 is 36.4 Å². The van der Waals surface area contributed by atoms with Crippen molar-refractivity contribution in [3.63, 3.8) is 0 Å². The Bertz CT molecular complexity index is 615. The molecule has 0 aromatic carbocycles. The molecule has 1 aliphatic heterocycles. The van der Waals surface area contributed by atoms with E-state index in [1.807, 2.05) is 18.5 Å². The van der Waals surface area contributed by atoms with Gasteiger partial charge in [0, 0.05) is 25.0 Å². The molecule has 9 nitrogen and oxygen atoms in total. The maximum absolute atomic E-state index is 10.3. The Hall–Kier alpha value is -2.78. The fourth-order valence-electron chi connectivity index (χ4n) is 2.16. The van der Waals surface area contributed by atoms with Gasteiger partial charge in [0.05, 0.1) is 12.8 Å². The number of carboxylic acids is 3. The Morgan fingerprint density at radius 2 is 1.80 bits per heavy atom. The highest BCUT2D eigenvalue weighted by atomic mass is 16.4. The number of pyridine rings is 1. The molecule has 136 valence electrons. The summed E-state index contributed by atoms with van der Waals surface area (Å²) in [5, 5.41) is 37.2. The van der Waals surface area contributed by atoms with Gasteiger partial charge in [-0.1, -0.05) is 18.2 Å². The Morgan fingerprint density at radius 1 is 1.16 bits per heavy atom. The SMILES string of the molecule is C1=CC[C@@H](c2cccnc2)NC1.O=C(O)CC(O)(CC(=O)O)C(=O)O. The first kappa shape index (κ1) is 20.3. The first-order chi connectivity index (χ1) is 11.7. The smallest absolute Gasteiger partial charge is 0.336 e. The molecule has 0 saturated heterocycles. The van der Waals surface area contributed by atoms with Crippen LogP contribution in [0.3, 0.4) is 0 Å². The van der Waals surface area contributed by atoms with Crippen LogP contribution in [0.5, 0.6) is 0 Å². The number of hydrogen-bond acceptors (Lipinski definition) is 6. The largest absolute Gasteiger partial charge is 0.481 e. The van der Waals surface area contributed by atoms with Crippen molar-refractivity contribution in [3.8, 4) is 0 Å². The van der Waals surface area contributed by atoms with Crippen LogP contribution in [0.4, 0.5) is 0 Å². The third-order valence-corrected chi connectivity index (χ3v) is 3.39. The van der Waals surface area contributed by atoms with E-state index in [-0.39, 0.29) is 0 Å². The standard InChI is InChI=1S/C10H12N2.C6H8O7/c1-2-7-12-10(5-1)9-4-3-6-11-8-9;7-3(8)1-6(13,5(11)12)2-4(9)10/h1-4,6,8,10,12H,5,7H2;13H,1-2H2,(H,7,8)(H,9,10)(H,11,12)/t10-;/m0./s1. The molecule has 0 radical (unpaired) electrons. The van der Waals surface area contributed by atoms with Gasteiger partial charge in [0.15, 0.2) is 5.60 Å². The lowest BCUT2D eigenvalue weighted by Gasteiger charge is -2.19. The summed E-state index contributed by atoms with van der Waals surface area (Å²) in [6, 6.07) is 4.56. The Labute approximate surface area is 143 Å². The molecule has 2 heterocycles. The highest BCUT2D eigenvalue weighted by Gasteiger charge is 2.40. The first-order valence-electron chi connectivity index (χ1n) is 7.42. The summed E-state index contributed by atoms with van der Waals surface area (Å²) in [7, 11) is 0. The molecule has 0 unspecified atom stereocenters. The number of carbonyl (C=O) groups is 3. The zero-order valence-electron chi connectivity index (χ0n) is 13.3. The second-order valence-electron chi connectivity index (χ2n) is 5.43. The molecule has 2 rings (SSSR count). The Balaban J connectivity index is 0.000000250. The van der Waals surface area contributed by atoms with E-state index in [1.165, 1.54) is 5.56 Å². The lowest BCUT2D eigenvalue weighted by atomic mass is 9.96. The van der Waals surface area contributed by atoms with E-state index >= 15 is 0 Å². The van der Waals surface area contributed by atoms with Gasteiger partial charge in [0.2, 0.25) is 0 Å². The second-order valence-corrected chi connectivity index (χ2v) is 5.43. The van der Waals surface area contributed by atoms with Crippen LogP contribution in [-0.4, -0.2) is 55.5 Å². The zero-order chi connectivity index (χ0) is 18.9. The molecule has 0 saturated carbocycles. The molecule has 25 heavy (non-hydrogen) atoms. The van der Waals surface area contributed by atoms with Crippen LogP contribution in [0, 0.1) is 0 Å². The molecule has 5 N–H and O–H groups in total. The molecule has 0 spiro atoms. The topological polar surface area (TPSA) is 157 Å². The van der Waals surface area contributed by atoms with Crippen LogP contribution < -0.4 is 5.32 Å². The van der Waals surface area contributed by atoms with Crippen molar-refractivity contribution in [2.75, 3.05) is 6.54 Å². The third-order valence-electron chi connectivity index (χ3n) is 3.39. The molecule has 1 aromatic heterocycles. The summed E-state index contributed by atoms with van der Waals surface area (Å²) < 4.78 is 0. The van der Waals surface area contributed by atoms with E-state index in [1.54, 1.807) is 0 Å². The molecular formula is C16H20N2O7. The van der Waals surface area contributed by atoms with Crippen molar-refractivity contribution in [1.29, 1.82) is 0 Å². The molecule has 0 fully saturated rings. The minimum atomic E-state index is -2.74. The van der Waals surface area contributed by atoms with Crippen LogP contribution in [0.1, 0.15) is 30.9 Å². The van der Waals surface area contributed by atoms with Crippen LogP contribution in [0.2, 0.25) is 0 Å². The Morgan fingerprint density at radius 3 is 2.20 bits per heavy atom. The van der Waals surface area contributed by atoms with E-state index in [0.29, 0.717) is 6.04 Å². The van der Waals surface area contributed by atoms with Crippen LogP contribution in [0.25, 0.3) is 0 Å². The molecule has 1 aromatic rings. The lowest BCUT2D eigenvalue weighted by molar-refractivity contribution is -0.170. The van der Waals surface area contributed by atoms with Crippen molar-refractivity contribution in [1.82, 2.24) is 10.3 Å². The number of nitrogens with one attached hydrogen (secondary N) is 1. The van der Waals surface area contributed by atoms with Gasteiger partial charge in [-0.05, 0) is 18.1 Å². The monoisotopic (exact) mass is 352 g/mol. The van der Waals surface area contributed by atoms with Gasteiger partial charge in [-0.15, -0.1) is 0 Å². The van der Waals surface area contributed by atoms with Gasteiger partial charge in [-0.3, -0.25) is 14.6 Å². The average Bonchev–Trinajstić information content (AvgIpc) is 2.55. The zero-order valence-corrected chi connectivity index (χ0v) is 13.3. The van der Waals surface area contributed by atoms with E-state index in [2.05, 4.69) is 28.5 Å². The molecule has 1 atom stereocenters. The molecular weight excluding hydrogens is 332 g/mol. The van der Waals surface area contributed by atoms with Crippen LogP contribution in [0.15, 0.2) is 36.7 Å². The summed E-state index contributed by atoms with van der Waals surface area (Å²) in [5.74, 6) is -5.02. The van der Waals surface area contributed by atoms with Gasteiger partial charge in [0.25, 0.3) is 0 Å². The summed E-state index contributed by atoms with van der Waals surface area (Å²) in [6.07, 6.45) is 6.90. The lowest BCUT2D eigenvalue weighted by Crippen LogP contribution is -2.42. The minimum absolute atomic E-state index is 0.462. The number of aromatic nitrogens is 1. The molecule has 9 heteroatoms. The number of nitrogens with zero attached hydrogens (tertiary/aromatic N) is 1. The van der Waals surface area contributed by atoms with Crippen LogP contribution >= 0.6 is 0 Å². The number of aliphatic carboxylic acids is 3. The van der Waals surface area contributed by atoms with E-state index in [4.69, 9.17) is 20.4 Å². The Kier molecular flexibility index (Phi) is 7.70. The molecule has 0 amide bonds. The number of carboxylic acid groups (broad SMARTS) is 3.